The lowest BCUT2D eigenvalue weighted by Gasteiger charge is -2.41. The third-order valence-electron chi connectivity index (χ3n) is 9.24. The second kappa shape index (κ2) is 15.8. The maximum absolute atomic E-state index is 11.8. The topological polar surface area (TPSA) is 204 Å². The van der Waals surface area contributed by atoms with Gasteiger partial charge in [-0.1, -0.05) is 27.7 Å². The highest BCUT2D eigenvalue weighted by atomic mass is 17.2. The molecule has 4 aliphatic rings. The van der Waals surface area contributed by atoms with Gasteiger partial charge in [-0.25, -0.2) is 0 Å². The summed E-state index contributed by atoms with van der Waals surface area (Å²) in [7, 11) is 0. The second-order valence-corrected chi connectivity index (χ2v) is 14.1. The van der Waals surface area contributed by atoms with Crippen molar-refractivity contribution >= 4 is 11.9 Å². The molecule has 0 amide bonds. The third-order valence-corrected chi connectivity index (χ3v) is 9.24. The van der Waals surface area contributed by atoms with E-state index in [0.717, 1.165) is 46.6 Å². The average molecular weight is 718 g/mol. The summed E-state index contributed by atoms with van der Waals surface area (Å²) in [5, 5.41) is 30.8. The summed E-state index contributed by atoms with van der Waals surface area (Å²) < 4.78 is 41.3. The molecule has 2 aromatic rings. The van der Waals surface area contributed by atoms with Gasteiger partial charge in [0.2, 0.25) is 6.79 Å². The molecule has 0 bridgehead atoms. The van der Waals surface area contributed by atoms with Crippen molar-refractivity contribution < 1.29 is 67.8 Å². The van der Waals surface area contributed by atoms with Crippen molar-refractivity contribution in [2.24, 2.45) is 17.6 Å². The van der Waals surface area contributed by atoms with E-state index in [-0.39, 0.29) is 25.9 Å². The molecular weight excluding hydrogens is 670 g/mol. The molecule has 15 heteroatoms. The Bertz CT molecular complexity index is 1580. The van der Waals surface area contributed by atoms with E-state index in [0.29, 0.717) is 42.1 Å². The highest BCUT2D eigenvalue weighted by molar-refractivity contribution is 5.90. The molecule has 5 N–H and O–H groups in total. The Morgan fingerprint density at radius 3 is 2.51 bits per heavy atom. The molecule has 4 heterocycles. The number of ether oxygens (including phenoxy) is 7. The Kier molecular flexibility index (Phi) is 11.4. The smallest absolute Gasteiger partial charge is 0.317 e. The van der Waals surface area contributed by atoms with Gasteiger partial charge >= 0.3 is 11.9 Å². The molecular formula is C36H47NO14. The van der Waals surface area contributed by atoms with Crippen molar-refractivity contribution in [2.45, 2.75) is 96.1 Å². The molecule has 0 aliphatic carbocycles. The van der Waals surface area contributed by atoms with Crippen LogP contribution in [0.2, 0.25) is 0 Å². The Morgan fingerprint density at radius 2 is 1.78 bits per heavy atom. The normalized spacial score (nSPS) is 25.9. The van der Waals surface area contributed by atoms with Crippen LogP contribution in [0, 0.1) is 11.8 Å². The van der Waals surface area contributed by atoms with E-state index >= 15 is 0 Å². The van der Waals surface area contributed by atoms with E-state index in [2.05, 4.69) is 27.7 Å². The zero-order chi connectivity index (χ0) is 36.4. The first kappa shape index (κ1) is 36.9. The van der Waals surface area contributed by atoms with Crippen molar-refractivity contribution in [1.82, 2.24) is 0 Å². The van der Waals surface area contributed by atoms with Crippen LogP contribution in [-0.2, 0) is 41.5 Å². The predicted octanol–water partition coefficient (Wildman–Crippen LogP) is 2.93. The zero-order valence-corrected chi connectivity index (χ0v) is 29.2. The van der Waals surface area contributed by atoms with Gasteiger partial charge in [0, 0.05) is 23.2 Å². The SMILES string of the molecule is CC(C)CCc1cc(OO[C@H]2[C@H](OCCN)O[C@H](COC(=O)CC(=O)O)[C@@H](O)[C@@H]2O)cc2c1OC[C@@H]1c3cc4c(c(CC(C)C)c3O[C@H]21)OCO4. The van der Waals surface area contributed by atoms with Gasteiger partial charge in [-0.05, 0) is 54.9 Å². The van der Waals surface area contributed by atoms with Crippen LogP contribution < -0.4 is 29.6 Å². The number of hydrogen-bond donors (Lipinski definition) is 4. The summed E-state index contributed by atoms with van der Waals surface area (Å²) >= 11 is 0. The molecule has 0 aromatic heterocycles. The first-order valence-corrected chi connectivity index (χ1v) is 17.4. The van der Waals surface area contributed by atoms with Gasteiger partial charge in [-0.2, -0.15) is 4.89 Å². The van der Waals surface area contributed by atoms with Crippen molar-refractivity contribution in [3.05, 3.63) is 40.5 Å². The molecule has 51 heavy (non-hydrogen) atoms. The molecule has 0 unspecified atom stereocenters. The quantitative estimate of drug-likeness (QED) is 0.0905. The van der Waals surface area contributed by atoms with Crippen molar-refractivity contribution in [2.75, 3.05) is 33.2 Å². The van der Waals surface area contributed by atoms with Crippen LogP contribution in [0.3, 0.4) is 0 Å². The zero-order valence-electron chi connectivity index (χ0n) is 29.2. The minimum absolute atomic E-state index is 0.00761. The van der Waals surface area contributed by atoms with Crippen LogP contribution in [0.5, 0.6) is 28.7 Å². The van der Waals surface area contributed by atoms with Crippen molar-refractivity contribution in [3.8, 4) is 28.7 Å². The largest absolute Gasteiger partial charge is 0.492 e. The molecule has 7 atom stereocenters. The standard InChI is InChI=1S/C36H47NO14/c1-17(2)5-6-19-10-20(50-51-35-30(42)29(41)26(48-36(35)43-8-7-37)15-44-28(40)13-27(38)39)11-23-31(19)45-14-24-21-12-25-34(47-16-46-25)22(9-18(3)4)32(21)49-33(23)24/h10-12,17-18,24,26,29-30,33,35-36,41-42H,5-9,13-16,37H2,1-4H3,(H,38,39)/t24-,26-,29-,30+,33-,35-,36-/m1/s1. The fraction of sp³-hybridized carbons (Fsp3) is 0.611. The molecule has 0 saturated carbocycles. The maximum atomic E-state index is 11.8. The Balaban J connectivity index is 1.25. The highest BCUT2D eigenvalue weighted by Gasteiger charge is 2.48. The number of carboxylic acids is 1. The van der Waals surface area contributed by atoms with Crippen LogP contribution in [-0.4, -0.2) is 91.1 Å². The van der Waals surface area contributed by atoms with Crippen LogP contribution in [0.4, 0.5) is 0 Å². The van der Waals surface area contributed by atoms with E-state index in [4.69, 9.17) is 53.8 Å². The van der Waals surface area contributed by atoms with Crippen molar-refractivity contribution in [3.63, 3.8) is 0 Å². The fourth-order valence-corrected chi connectivity index (χ4v) is 6.80. The summed E-state index contributed by atoms with van der Waals surface area (Å²) in [6.45, 7) is 8.72. The molecule has 2 aromatic carbocycles. The van der Waals surface area contributed by atoms with Crippen LogP contribution in [0.25, 0.3) is 0 Å². The van der Waals surface area contributed by atoms with Crippen LogP contribution in [0.15, 0.2) is 18.2 Å². The number of rotatable bonds is 15. The summed E-state index contributed by atoms with van der Waals surface area (Å²) in [5.41, 5.74) is 9.28. The van der Waals surface area contributed by atoms with Crippen LogP contribution in [0.1, 0.15) is 74.8 Å². The summed E-state index contributed by atoms with van der Waals surface area (Å²) in [6, 6.07) is 5.59. The maximum Gasteiger partial charge on any atom is 0.317 e. The Hall–Kier alpha value is -3.86. The number of aliphatic hydroxyl groups excluding tert-OH is 2. The monoisotopic (exact) mass is 717 g/mol. The molecule has 0 spiro atoms. The lowest BCUT2D eigenvalue weighted by atomic mass is 9.86. The number of carbonyl (C=O) groups is 2. The molecule has 4 aliphatic heterocycles. The van der Waals surface area contributed by atoms with Crippen LogP contribution >= 0.6 is 0 Å². The van der Waals surface area contributed by atoms with E-state index in [1.54, 1.807) is 6.07 Å². The van der Waals surface area contributed by atoms with E-state index in [1.807, 2.05) is 12.1 Å². The Labute approximate surface area is 295 Å². The Morgan fingerprint density at radius 1 is 0.980 bits per heavy atom. The summed E-state index contributed by atoms with van der Waals surface area (Å²) in [4.78, 5) is 34.2. The van der Waals surface area contributed by atoms with Gasteiger partial charge in [-0.3, -0.25) is 9.59 Å². The second-order valence-electron chi connectivity index (χ2n) is 14.1. The van der Waals surface area contributed by atoms with E-state index < -0.39 is 61.8 Å². The minimum Gasteiger partial charge on any atom is -0.492 e. The first-order chi connectivity index (χ1) is 24.4. The number of fused-ring (bicyclic) bond motifs is 6. The average Bonchev–Trinajstić information content (AvgIpc) is 3.71. The van der Waals surface area contributed by atoms with Gasteiger partial charge in [0.05, 0.1) is 19.1 Å². The number of aryl methyl sites for hydroxylation is 1. The van der Waals surface area contributed by atoms with Gasteiger partial charge in [0.25, 0.3) is 0 Å². The molecule has 280 valence electrons. The van der Waals surface area contributed by atoms with E-state index in [9.17, 15) is 19.8 Å². The number of aliphatic carboxylic acids is 1. The number of aliphatic hydroxyl groups is 2. The lowest BCUT2D eigenvalue weighted by molar-refractivity contribution is -0.372. The molecule has 0 radical (unpaired) electrons. The number of carbonyl (C=O) groups excluding carboxylic acids is 1. The van der Waals surface area contributed by atoms with E-state index in [1.165, 1.54) is 0 Å². The highest BCUT2D eigenvalue weighted by Crippen LogP contribution is 2.57. The summed E-state index contributed by atoms with van der Waals surface area (Å²) in [6.07, 6.45) is -6.07. The predicted molar refractivity (Wildman–Crippen MR) is 177 cm³/mol. The van der Waals surface area contributed by atoms with Crippen molar-refractivity contribution in [1.29, 1.82) is 0 Å². The number of hydrogen-bond acceptors (Lipinski definition) is 14. The third kappa shape index (κ3) is 7.98. The van der Waals surface area contributed by atoms with Gasteiger partial charge in [-0.15, -0.1) is 0 Å². The number of benzene rings is 2. The molecule has 1 saturated heterocycles. The molecule has 6 rings (SSSR count). The summed E-state index contributed by atoms with van der Waals surface area (Å²) in [5.74, 6) is 1.46. The molecule has 15 nitrogen and oxygen atoms in total. The molecule has 1 fully saturated rings. The number of carboxylic acid groups (broad SMARTS) is 1. The van der Waals surface area contributed by atoms with Gasteiger partial charge < -0.3 is 59.1 Å². The number of nitrogens with two attached hydrogens (primary N) is 1. The lowest BCUT2D eigenvalue weighted by Crippen LogP contribution is -2.60. The minimum atomic E-state index is -1.62. The van der Waals surface area contributed by atoms with Gasteiger partial charge in [0.15, 0.2) is 29.6 Å². The fourth-order valence-electron chi connectivity index (χ4n) is 6.80. The first-order valence-electron chi connectivity index (χ1n) is 17.4. The number of esters is 1. The van der Waals surface area contributed by atoms with Gasteiger partial charge in [0.1, 0.15) is 48.9 Å².